The van der Waals surface area contributed by atoms with Gasteiger partial charge in [-0.1, -0.05) is 44.2 Å². The van der Waals surface area contributed by atoms with E-state index in [2.05, 4.69) is 10.6 Å². The maximum Gasteiger partial charge on any atom is 0.328 e. The number of ether oxygens (including phenoxy) is 3. The van der Waals surface area contributed by atoms with Gasteiger partial charge in [0.25, 0.3) is 0 Å². The minimum atomic E-state index is -0.964. The number of alkyl halides is 2. The molecule has 1 fully saturated rings. The van der Waals surface area contributed by atoms with Crippen molar-refractivity contribution in [2.45, 2.75) is 68.5 Å². The van der Waals surface area contributed by atoms with Gasteiger partial charge in [0.1, 0.15) is 12.1 Å². The quantitative estimate of drug-likeness (QED) is 0.223. The van der Waals surface area contributed by atoms with E-state index in [1.807, 2.05) is 37.4 Å². The van der Waals surface area contributed by atoms with Crippen molar-refractivity contribution in [3.05, 3.63) is 35.9 Å². The zero-order valence-electron chi connectivity index (χ0n) is 21.4. The van der Waals surface area contributed by atoms with E-state index < -0.39 is 58.7 Å². The van der Waals surface area contributed by atoms with Crippen molar-refractivity contribution >= 4 is 41.0 Å². The molecule has 0 saturated heterocycles. The highest BCUT2D eigenvalue weighted by Crippen LogP contribution is 2.37. The molecule has 0 spiro atoms. The topological polar surface area (TPSA) is 103 Å². The highest BCUT2D eigenvalue weighted by atomic mass is 35.5. The first-order chi connectivity index (χ1) is 17.2. The van der Waals surface area contributed by atoms with Crippen LogP contribution in [0.4, 0.5) is 0 Å². The van der Waals surface area contributed by atoms with Crippen LogP contribution in [0.5, 0.6) is 0 Å². The lowest BCUT2D eigenvalue weighted by molar-refractivity contribution is -0.163. The van der Waals surface area contributed by atoms with Gasteiger partial charge in [0.2, 0.25) is 5.91 Å². The van der Waals surface area contributed by atoms with Crippen LogP contribution < -0.4 is 10.6 Å². The number of halogens is 2. The molecule has 1 aromatic rings. The molecule has 1 saturated carbocycles. The van der Waals surface area contributed by atoms with Crippen LogP contribution in [-0.4, -0.2) is 74.2 Å². The van der Waals surface area contributed by atoms with Gasteiger partial charge in [-0.25, -0.2) is 4.79 Å². The van der Waals surface area contributed by atoms with Crippen LogP contribution >= 0.6 is 23.2 Å². The van der Waals surface area contributed by atoms with Crippen molar-refractivity contribution in [1.29, 1.82) is 0 Å². The molecule has 0 aromatic heterocycles. The Morgan fingerprint density at radius 2 is 1.75 bits per heavy atom. The molecule has 10 heteroatoms. The highest BCUT2D eigenvalue weighted by Gasteiger charge is 2.49. The van der Waals surface area contributed by atoms with E-state index in [1.165, 1.54) is 7.11 Å². The summed E-state index contributed by atoms with van der Waals surface area (Å²) in [4.78, 5) is 38.4. The number of rotatable bonds is 13. The summed E-state index contributed by atoms with van der Waals surface area (Å²) < 4.78 is 16.6. The first-order valence-corrected chi connectivity index (χ1v) is 13.2. The molecular formula is C26H38Cl2N2O6. The Hall–Kier alpha value is -1.87. The molecule has 6 atom stereocenters. The molecule has 1 aliphatic rings. The summed E-state index contributed by atoms with van der Waals surface area (Å²) in [6.45, 7) is 4.72. The van der Waals surface area contributed by atoms with Gasteiger partial charge < -0.3 is 24.8 Å². The van der Waals surface area contributed by atoms with Crippen molar-refractivity contribution in [1.82, 2.24) is 10.6 Å². The predicted octanol–water partition coefficient (Wildman–Crippen LogP) is 3.07. The Kier molecular flexibility index (Phi) is 13.0. The normalized spacial score (nSPS) is 24.7. The van der Waals surface area contributed by atoms with Gasteiger partial charge >= 0.3 is 11.9 Å². The molecule has 2 rings (SSSR count). The van der Waals surface area contributed by atoms with Crippen molar-refractivity contribution in [3.63, 3.8) is 0 Å². The molecule has 0 heterocycles. The second kappa shape index (κ2) is 15.4. The van der Waals surface area contributed by atoms with Gasteiger partial charge in [0, 0.05) is 13.0 Å². The molecule has 36 heavy (non-hydrogen) atoms. The van der Waals surface area contributed by atoms with Gasteiger partial charge in [-0.3, -0.25) is 9.59 Å². The zero-order valence-corrected chi connectivity index (χ0v) is 22.9. The van der Waals surface area contributed by atoms with E-state index in [0.717, 1.165) is 24.9 Å². The van der Waals surface area contributed by atoms with Crippen LogP contribution in [0.25, 0.3) is 0 Å². The number of amides is 1. The summed E-state index contributed by atoms with van der Waals surface area (Å²) in [6, 6.07) is 8.36. The van der Waals surface area contributed by atoms with Crippen LogP contribution in [0.2, 0.25) is 0 Å². The monoisotopic (exact) mass is 544 g/mol. The predicted molar refractivity (Wildman–Crippen MR) is 139 cm³/mol. The van der Waals surface area contributed by atoms with Crippen molar-refractivity contribution in [3.8, 4) is 0 Å². The van der Waals surface area contributed by atoms with Gasteiger partial charge in [-0.05, 0) is 38.4 Å². The maximum atomic E-state index is 13.4. The minimum absolute atomic E-state index is 0.174. The van der Waals surface area contributed by atoms with E-state index in [4.69, 9.17) is 37.4 Å². The summed E-state index contributed by atoms with van der Waals surface area (Å²) in [5, 5.41) is 4.44. The van der Waals surface area contributed by atoms with E-state index in [1.54, 1.807) is 13.8 Å². The Labute approximate surface area is 223 Å². The zero-order chi connectivity index (χ0) is 26.7. The van der Waals surface area contributed by atoms with Gasteiger partial charge in [-0.2, -0.15) is 0 Å². The summed E-state index contributed by atoms with van der Waals surface area (Å²) in [6.07, 6.45) is 0.593. The van der Waals surface area contributed by atoms with Gasteiger partial charge in [0.15, 0.2) is 0 Å². The third-order valence-electron chi connectivity index (χ3n) is 6.14. The number of unbranched alkanes of at least 4 members (excludes halogenated alkanes) is 1. The minimum Gasteiger partial charge on any atom is -0.467 e. The van der Waals surface area contributed by atoms with Crippen molar-refractivity contribution in [2.24, 2.45) is 11.8 Å². The molecule has 0 radical (unpaired) electrons. The molecule has 2 N–H and O–H groups in total. The van der Waals surface area contributed by atoms with Gasteiger partial charge in [-0.15, -0.1) is 23.2 Å². The number of carbonyl (C=O) groups is 3. The molecule has 1 aromatic carbocycles. The lowest BCUT2D eigenvalue weighted by atomic mass is 9.82. The number of esters is 2. The van der Waals surface area contributed by atoms with Crippen LogP contribution in [0.15, 0.2) is 30.3 Å². The van der Waals surface area contributed by atoms with Crippen LogP contribution in [-0.2, 0) is 35.0 Å². The van der Waals surface area contributed by atoms with E-state index in [9.17, 15) is 14.4 Å². The number of hydrogen-bond acceptors (Lipinski definition) is 7. The lowest BCUT2D eigenvalue weighted by Gasteiger charge is -2.41. The second-order valence-corrected chi connectivity index (χ2v) is 10.3. The Morgan fingerprint density at radius 3 is 2.36 bits per heavy atom. The summed E-state index contributed by atoms with van der Waals surface area (Å²) >= 11 is 13.4. The standard InChI is InChI=1S/C26H38Cl2N2O6/c1-16(2)25(32)36-22-18(15-19(27)23(21(22)28)35-13-9-8-12-29-3)24(31)30-20(26(33)34-4)14-17-10-6-5-7-11-17/h5-7,10-11,16,18-23,29H,8-9,12-15H2,1-4H3,(H,30,31)/t18?,19?,20-,21?,22?,23?/m0/s1. The molecule has 8 nitrogen and oxygen atoms in total. The largest absolute Gasteiger partial charge is 0.467 e. The Balaban J connectivity index is 2.19. The first kappa shape index (κ1) is 30.4. The molecule has 202 valence electrons. The first-order valence-electron chi connectivity index (χ1n) is 12.4. The molecule has 1 amide bonds. The SMILES string of the molecule is CNCCCCOC1C(Cl)CC(C(=O)N[C@@H](Cc2ccccc2)C(=O)OC)C(OC(=O)C(C)C)C1Cl. The smallest absolute Gasteiger partial charge is 0.328 e. The number of nitrogens with one attached hydrogen (secondary N) is 2. The summed E-state index contributed by atoms with van der Waals surface area (Å²) in [5.74, 6) is -2.80. The van der Waals surface area contributed by atoms with Gasteiger partial charge in [0.05, 0.1) is 35.8 Å². The van der Waals surface area contributed by atoms with E-state index >= 15 is 0 Å². The lowest BCUT2D eigenvalue weighted by Crippen LogP contribution is -2.58. The average Bonchev–Trinajstić information content (AvgIpc) is 2.86. The molecular weight excluding hydrogens is 507 g/mol. The average molecular weight is 546 g/mol. The molecule has 0 bridgehead atoms. The second-order valence-electron chi connectivity index (χ2n) is 9.28. The number of benzene rings is 1. The van der Waals surface area contributed by atoms with Crippen LogP contribution in [0.3, 0.4) is 0 Å². The molecule has 0 aliphatic heterocycles. The molecule has 5 unspecified atom stereocenters. The number of methoxy groups -OCH3 is 1. The fourth-order valence-corrected chi connectivity index (χ4v) is 5.05. The van der Waals surface area contributed by atoms with E-state index in [0.29, 0.717) is 6.61 Å². The maximum absolute atomic E-state index is 13.4. The third-order valence-corrected chi connectivity index (χ3v) is 7.06. The Bertz CT molecular complexity index is 841. The van der Waals surface area contributed by atoms with Crippen LogP contribution in [0, 0.1) is 11.8 Å². The fourth-order valence-electron chi connectivity index (χ4n) is 4.08. The number of hydrogen-bond donors (Lipinski definition) is 2. The highest BCUT2D eigenvalue weighted by molar-refractivity contribution is 6.25. The van der Waals surface area contributed by atoms with Crippen LogP contribution in [0.1, 0.15) is 38.7 Å². The molecule has 1 aliphatic carbocycles. The summed E-state index contributed by atoms with van der Waals surface area (Å²) in [7, 11) is 3.15. The Morgan fingerprint density at radius 1 is 1.06 bits per heavy atom. The fraction of sp³-hybridized carbons (Fsp3) is 0.654. The number of carbonyl (C=O) groups excluding carboxylic acids is 3. The van der Waals surface area contributed by atoms with Crippen molar-refractivity contribution in [2.75, 3.05) is 27.3 Å². The summed E-state index contributed by atoms with van der Waals surface area (Å²) in [5.41, 5.74) is 0.858. The van der Waals surface area contributed by atoms with Crippen molar-refractivity contribution < 1.29 is 28.6 Å². The van der Waals surface area contributed by atoms with E-state index in [-0.39, 0.29) is 12.8 Å². The third kappa shape index (κ3) is 8.91.